The summed E-state index contributed by atoms with van der Waals surface area (Å²) in [5.41, 5.74) is 2.36. The summed E-state index contributed by atoms with van der Waals surface area (Å²) < 4.78 is 11.6. The molecule has 1 aliphatic rings. The molecule has 0 amide bonds. The topological polar surface area (TPSA) is 51.4 Å². The van der Waals surface area contributed by atoms with E-state index in [-0.39, 0.29) is 5.28 Å². The monoisotopic (exact) mass is 359 g/mol. The van der Waals surface area contributed by atoms with Gasteiger partial charge in [-0.1, -0.05) is 37.3 Å². The third-order valence-electron chi connectivity index (χ3n) is 3.92. The second-order valence-corrected chi connectivity index (χ2v) is 6.04. The number of rotatable bonds is 5. The van der Waals surface area contributed by atoms with E-state index in [0.29, 0.717) is 24.3 Å². The molecule has 0 unspecified atom stereocenters. The van der Waals surface area contributed by atoms with Gasteiger partial charge in [-0.3, -0.25) is 0 Å². The fourth-order valence-electron chi connectivity index (χ4n) is 2.73. The van der Waals surface area contributed by atoms with Crippen molar-refractivity contribution in [2.24, 2.45) is 0 Å². The average Bonchev–Trinajstić information content (AvgIpc) is 3.05. The van der Waals surface area contributed by atoms with E-state index < -0.39 is 0 Å². The number of hydrogen-bond donors (Lipinski definition) is 0. The summed E-state index contributed by atoms with van der Waals surface area (Å²) >= 11 is 6.13. The number of morpholine rings is 1. The number of allylic oxidation sites excluding steroid dienone is 6. The van der Waals surface area contributed by atoms with E-state index in [1.807, 2.05) is 37.3 Å². The largest absolute Gasteiger partial charge is 0.450 e. The van der Waals surface area contributed by atoms with Crippen molar-refractivity contribution < 1.29 is 9.15 Å². The summed E-state index contributed by atoms with van der Waals surface area (Å²) in [5, 5.41) is 0.226. The highest BCUT2D eigenvalue weighted by atomic mass is 35.5. The normalized spacial score (nSPS) is 16.6. The number of anilines is 1. The first kappa shape index (κ1) is 17.7. The minimum Gasteiger partial charge on any atom is -0.450 e. The van der Waals surface area contributed by atoms with Gasteiger partial charge in [-0.05, 0) is 24.9 Å². The molecular formula is C19H22ClN3O2. The summed E-state index contributed by atoms with van der Waals surface area (Å²) in [7, 11) is 0. The van der Waals surface area contributed by atoms with Crippen LogP contribution in [0.2, 0.25) is 5.28 Å². The molecule has 0 aliphatic carbocycles. The second-order valence-electron chi connectivity index (χ2n) is 5.70. The quantitative estimate of drug-likeness (QED) is 0.575. The number of hydrogen-bond acceptors (Lipinski definition) is 5. The van der Waals surface area contributed by atoms with Crippen LogP contribution in [-0.4, -0.2) is 36.3 Å². The molecule has 132 valence electrons. The Hall–Kier alpha value is -2.11. The van der Waals surface area contributed by atoms with Gasteiger partial charge in [0, 0.05) is 24.7 Å². The van der Waals surface area contributed by atoms with Crippen LogP contribution in [0.25, 0.3) is 16.7 Å². The number of nitrogens with zero attached hydrogens (tertiary/aromatic N) is 3. The van der Waals surface area contributed by atoms with Crippen molar-refractivity contribution in [3.8, 4) is 0 Å². The lowest BCUT2D eigenvalue weighted by atomic mass is 10.1. The maximum atomic E-state index is 6.13. The van der Waals surface area contributed by atoms with Gasteiger partial charge < -0.3 is 14.1 Å². The first-order valence-corrected chi connectivity index (χ1v) is 8.90. The molecule has 1 aliphatic heterocycles. The molecule has 0 N–H and O–H groups in total. The Morgan fingerprint density at radius 2 is 2.12 bits per heavy atom. The standard InChI is InChI=1S/C19H22ClN3O2/c1-3-5-6-8-14(7-4-2)16-13-15-17(25-16)18(22-19(20)21-15)23-9-11-24-12-10-23/h4-8,13H,3,9-12H2,1-2H3/b6-5+,7-4-,14-8+. The van der Waals surface area contributed by atoms with E-state index in [4.69, 9.17) is 20.8 Å². The molecule has 3 rings (SSSR count). The molecule has 0 spiro atoms. The first-order chi connectivity index (χ1) is 12.2. The lowest BCUT2D eigenvalue weighted by Crippen LogP contribution is -2.36. The highest BCUT2D eigenvalue weighted by molar-refractivity contribution is 6.28. The van der Waals surface area contributed by atoms with Crippen LogP contribution in [0.15, 0.2) is 40.9 Å². The van der Waals surface area contributed by atoms with Gasteiger partial charge in [0.05, 0.1) is 13.2 Å². The van der Waals surface area contributed by atoms with Gasteiger partial charge in [-0.25, -0.2) is 4.98 Å². The second kappa shape index (κ2) is 8.32. The van der Waals surface area contributed by atoms with Crippen molar-refractivity contribution in [1.82, 2.24) is 9.97 Å². The van der Waals surface area contributed by atoms with E-state index in [1.54, 1.807) is 0 Å². The van der Waals surface area contributed by atoms with Gasteiger partial charge in [0.15, 0.2) is 11.4 Å². The fraction of sp³-hybridized carbons (Fsp3) is 0.368. The van der Waals surface area contributed by atoms with Crippen LogP contribution < -0.4 is 4.90 Å². The smallest absolute Gasteiger partial charge is 0.225 e. The van der Waals surface area contributed by atoms with Crippen LogP contribution in [0.4, 0.5) is 5.82 Å². The number of fused-ring (bicyclic) bond motifs is 1. The lowest BCUT2D eigenvalue weighted by Gasteiger charge is -2.27. The fourth-order valence-corrected chi connectivity index (χ4v) is 2.90. The maximum Gasteiger partial charge on any atom is 0.225 e. The Morgan fingerprint density at radius 1 is 1.32 bits per heavy atom. The van der Waals surface area contributed by atoms with Crippen LogP contribution in [0.5, 0.6) is 0 Å². The first-order valence-electron chi connectivity index (χ1n) is 8.52. The molecule has 0 bridgehead atoms. The number of halogens is 1. The minimum absolute atomic E-state index is 0.226. The predicted octanol–water partition coefficient (Wildman–Crippen LogP) is 4.64. The average molecular weight is 360 g/mol. The predicted molar refractivity (Wildman–Crippen MR) is 102 cm³/mol. The Morgan fingerprint density at radius 3 is 2.84 bits per heavy atom. The van der Waals surface area contributed by atoms with Gasteiger partial charge in [0.1, 0.15) is 11.3 Å². The van der Waals surface area contributed by atoms with Gasteiger partial charge >= 0.3 is 0 Å². The Bertz CT molecular complexity index is 817. The van der Waals surface area contributed by atoms with Gasteiger partial charge in [0.2, 0.25) is 5.28 Å². The summed E-state index contributed by atoms with van der Waals surface area (Å²) in [5.74, 6) is 1.48. The molecule has 0 aromatic carbocycles. The van der Waals surface area contributed by atoms with Gasteiger partial charge in [-0.2, -0.15) is 4.98 Å². The van der Waals surface area contributed by atoms with Crippen LogP contribution >= 0.6 is 11.6 Å². The number of furan rings is 1. The van der Waals surface area contributed by atoms with E-state index >= 15 is 0 Å². The van der Waals surface area contributed by atoms with E-state index in [9.17, 15) is 0 Å². The minimum atomic E-state index is 0.226. The van der Waals surface area contributed by atoms with Crippen molar-refractivity contribution in [1.29, 1.82) is 0 Å². The molecular weight excluding hydrogens is 338 g/mol. The summed E-state index contributed by atoms with van der Waals surface area (Å²) in [6.07, 6.45) is 11.2. The molecule has 0 saturated carbocycles. The van der Waals surface area contributed by atoms with E-state index in [0.717, 1.165) is 36.7 Å². The molecule has 1 saturated heterocycles. The Labute approximate surface area is 152 Å². The van der Waals surface area contributed by atoms with Crippen molar-refractivity contribution in [3.63, 3.8) is 0 Å². The van der Waals surface area contributed by atoms with Crippen molar-refractivity contribution in [2.75, 3.05) is 31.2 Å². The van der Waals surface area contributed by atoms with Crippen LogP contribution in [-0.2, 0) is 4.74 Å². The molecule has 5 nitrogen and oxygen atoms in total. The van der Waals surface area contributed by atoms with Crippen LogP contribution in [0.1, 0.15) is 26.0 Å². The molecule has 0 radical (unpaired) electrons. The number of aromatic nitrogens is 2. The molecule has 1 fully saturated rings. The highest BCUT2D eigenvalue weighted by Gasteiger charge is 2.21. The van der Waals surface area contributed by atoms with Crippen molar-refractivity contribution in [3.05, 3.63) is 47.5 Å². The SMILES string of the molecule is C\C=C/C(=C\C=C\CC)c1cc2nc(Cl)nc(N3CCOCC3)c2o1. The summed E-state index contributed by atoms with van der Waals surface area (Å²) in [6, 6.07) is 1.92. The molecule has 25 heavy (non-hydrogen) atoms. The summed E-state index contributed by atoms with van der Waals surface area (Å²) in [6.45, 7) is 6.94. The lowest BCUT2D eigenvalue weighted by molar-refractivity contribution is 0.122. The van der Waals surface area contributed by atoms with Crippen molar-refractivity contribution in [2.45, 2.75) is 20.3 Å². The van der Waals surface area contributed by atoms with E-state index in [1.165, 1.54) is 0 Å². The third kappa shape index (κ3) is 4.11. The third-order valence-corrected chi connectivity index (χ3v) is 4.08. The summed E-state index contributed by atoms with van der Waals surface area (Å²) in [4.78, 5) is 10.9. The van der Waals surface area contributed by atoms with Gasteiger partial charge in [-0.15, -0.1) is 0 Å². The molecule has 6 heteroatoms. The molecule has 2 aromatic heterocycles. The maximum absolute atomic E-state index is 6.13. The van der Waals surface area contributed by atoms with Crippen molar-refractivity contribution >= 4 is 34.1 Å². The zero-order valence-electron chi connectivity index (χ0n) is 14.5. The molecule has 2 aromatic rings. The number of ether oxygens (including phenoxy) is 1. The molecule has 0 atom stereocenters. The Kier molecular flexibility index (Phi) is 5.89. The highest BCUT2D eigenvalue weighted by Crippen LogP contribution is 2.32. The van der Waals surface area contributed by atoms with Crippen LogP contribution in [0, 0.1) is 0 Å². The van der Waals surface area contributed by atoms with E-state index in [2.05, 4.69) is 27.9 Å². The van der Waals surface area contributed by atoms with Gasteiger partial charge in [0.25, 0.3) is 0 Å². The van der Waals surface area contributed by atoms with Crippen LogP contribution in [0.3, 0.4) is 0 Å². The zero-order chi connectivity index (χ0) is 17.6. The Balaban J connectivity index is 2.06. The zero-order valence-corrected chi connectivity index (χ0v) is 15.3. The molecule has 3 heterocycles.